The normalized spacial score (nSPS) is 19.9. The molecule has 1 saturated heterocycles. The number of hydrogen-bond acceptors (Lipinski definition) is 1. The number of nitrogens with zero attached hydrogens (tertiary/aromatic N) is 1. The van der Waals surface area contributed by atoms with Crippen molar-refractivity contribution in [1.29, 1.82) is 0 Å². The van der Waals surface area contributed by atoms with Crippen molar-refractivity contribution in [3.05, 3.63) is 0 Å². The van der Waals surface area contributed by atoms with E-state index in [1.54, 1.807) is 0 Å². The lowest BCUT2D eigenvalue weighted by molar-refractivity contribution is 0.135. The summed E-state index contributed by atoms with van der Waals surface area (Å²) in [4.78, 5) is 2.33. The molecule has 0 saturated carbocycles. The summed E-state index contributed by atoms with van der Waals surface area (Å²) in [6.45, 7) is 11.2. The van der Waals surface area contributed by atoms with Gasteiger partial charge in [-0.1, -0.05) is 26.7 Å². The topological polar surface area (TPSA) is 15.3 Å². The predicted octanol–water partition coefficient (Wildman–Crippen LogP) is 3.17. The van der Waals surface area contributed by atoms with Crippen LogP contribution in [-0.4, -0.2) is 29.1 Å². The Morgan fingerprint density at radius 3 is 2.12 bits per heavy atom. The molecule has 1 aliphatic rings. The summed E-state index contributed by atoms with van der Waals surface area (Å²) in [6, 6.07) is 0.441. The highest BCUT2D eigenvalue weighted by molar-refractivity contribution is 7.80. The first-order chi connectivity index (χ1) is 7.53. The van der Waals surface area contributed by atoms with Gasteiger partial charge in [0.2, 0.25) is 0 Å². The van der Waals surface area contributed by atoms with Gasteiger partial charge in [-0.15, -0.1) is 0 Å². The molecule has 0 aliphatic carbocycles. The molecule has 0 unspecified atom stereocenters. The third kappa shape index (κ3) is 3.34. The second-order valence-electron chi connectivity index (χ2n) is 5.30. The molecule has 1 aliphatic heterocycles. The largest absolute Gasteiger partial charge is 0.360 e. The second kappa shape index (κ2) is 5.85. The van der Waals surface area contributed by atoms with E-state index >= 15 is 0 Å². The number of likely N-dealkylation sites (tertiary alicyclic amines) is 1. The first-order valence-electron chi connectivity index (χ1n) is 6.58. The molecule has 2 nitrogen and oxygen atoms in total. The number of nitrogens with one attached hydrogen (secondary N) is 1. The van der Waals surface area contributed by atoms with Gasteiger partial charge in [-0.3, -0.25) is 0 Å². The predicted molar refractivity (Wildman–Crippen MR) is 74.7 cm³/mol. The van der Waals surface area contributed by atoms with Crippen LogP contribution < -0.4 is 5.32 Å². The molecule has 1 heterocycles. The van der Waals surface area contributed by atoms with Gasteiger partial charge in [0.05, 0.1) is 0 Å². The molecule has 0 aromatic heterocycles. The zero-order valence-corrected chi connectivity index (χ0v) is 12.0. The summed E-state index contributed by atoms with van der Waals surface area (Å²) in [5, 5.41) is 4.27. The zero-order chi connectivity index (χ0) is 12.2. The molecular formula is C13H26N2S. The van der Waals surface area contributed by atoms with Crippen LogP contribution in [0.1, 0.15) is 53.4 Å². The minimum Gasteiger partial charge on any atom is -0.360 e. The van der Waals surface area contributed by atoms with Crippen LogP contribution in [-0.2, 0) is 0 Å². The molecule has 0 bridgehead atoms. The lowest BCUT2D eigenvalue weighted by Crippen LogP contribution is -2.48. The van der Waals surface area contributed by atoms with Crippen molar-refractivity contribution < 1.29 is 0 Å². The maximum atomic E-state index is 5.41. The fourth-order valence-electron chi connectivity index (χ4n) is 2.48. The molecule has 0 aromatic rings. The number of piperidine rings is 1. The smallest absolute Gasteiger partial charge is 0.169 e. The third-order valence-corrected chi connectivity index (χ3v) is 4.40. The van der Waals surface area contributed by atoms with E-state index in [0.717, 1.165) is 18.2 Å². The van der Waals surface area contributed by atoms with Crippen molar-refractivity contribution >= 4 is 17.3 Å². The molecule has 16 heavy (non-hydrogen) atoms. The van der Waals surface area contributed by atoms with E-state index in [9.17, 15) is 0 Å². The highest BCUT2D eigenvalue weighted by Crippen LogP contribution is 2.37. The fraction of sp³-hybridized carbons (Fsp3) is 0.923. The van der Waals surface area contributed by atoms with E-state index in [-0.39, 0.29) is 0 Å². The van der Waals surface area contributed by atoms with Crippen molar-refractivity contribution in [2.75, 3.05) is 13.1 Å². The molecule has 1 N–H and O–H groups in total. The third-order valence-electron chi connectivity index (χ3n) is 4.02. The van der Waals surface area contributed by atoms with Crippen molar-refractivity contribution in [2.24, 2.45) is 5.41 Å². The number of hydrogen-bond donors (Lipinski definition) is 1. The van der Waals surface area contributed by atoms with Crippen LogP contribution in [0.15, 0.2) is 0 Å². The Labute approximate surface area is 106 Å². The van der Waals surface area contributed by atoms with Crippen LogP contribution in [0.2, 0.25) is 0 Å². The summed E-state index contributed by atoms with van der Waals surface area (Å²) in [7, 11) is 0. The van der Waals surface area contributed by atoms with Gasteiger partial charge in [-0.05, 0) is 44.3 Å². The maximum Gasteiger partial charge on any atom is 0.169 e. The molecule has 0 atom stereocenters. The molecule has 0 aromatic carbocycles. The van der Waals surface area contributed by atoms with Gasteiger partial charge in [-0.25, -0.2) is 0 Å². The van der Waals surface area contributed by atoms with Crippen molar-refractivity contribution in [2.45, 2.75) is 59.4 Å². The van der Waals surface area contributed by atoms with Crippen LogP contribution in [0, 0.1) is 5.41 Å². The molecule has 94 valence electrons. The second-order valence-corrected chi connectivity index (χ2v) is 5.69. The molecule has 1 rings (SSSR count). The van der Waals surface area contributed by atoms with Gasteiger partial charge >= 0.3 is 0 Å². The van der Waals surface area contributed by atoms with E-state index in [4.69, 9.17) is 12.2 Å². The Bertz CT molecular complexity index is 224. The van der Waals surface area contributed by atoms with Crippen LogP contribution in [0.4, 0.5) is 0 Å². The van der Waals surface area contributed by atoms with E-state index in [2.05, 4.69) is 37.9 Å². The van der Waals surface area contributed by atoms with Gasteiger partial charge in [0.1, 0.15) is 0 Å². The van der Waals surface area contributed by atoms with Crippen LogP contribution in [0.25, 0.3) is 0 Å². The average Bonchev–Trinajstić information content (AvgIpc) is 2.28. The van der Waals surface area contributed by atoms with Crippen LogP contribution in [0.5, 0.6) is 0 Å². The molecule has 0 amide bonds. The molecule has 3 heteroatoms. The lowest BCUT2D eigenvalue weighted by atomic mass is 9.74. The minimum atomic E-state index is 0.441. The Hall–Kier alpha value is -0.310. The number of thiocarbonyl (C=S) groups is 1. The maximum absolute atomic E-state index is 5.41. The van der Waals surface area contributed by atoms with Gasteiger partial charge in [0.25, 0.3) is 0 Å². The Morgan fingerprint density at radius 2 is 1.75 bits per heavy atom. The van der Waals surface area contributed by atoms with Crippen LogP contribution in [0.3, 0.4) is 0 Å². The SMILES string of the molecule is CCC1(CC)CCN(C(=S)NC(C)C)CC1. The Balaban J connectivity index is 2.45. The monoisotopic (exact) mass is 242 g/mol. The highest BCUT2D eigenvalue weighted by atomic mass is 32.1. The summed E-state index contributed by atoms with van der Waals surface area (Å²) < 4.78 is 0. The van der Waals surface area contributed by atoms with E-state index in [1.807, 2.05) is 0 Å². The summed E-state index contributed by atoms with van der Waals surface area (Å²) in [5.41, 5.74) is 0.587. The van der Waals surface area contributed by atoms with Gasteiger partial charge in [0.15, 0.2) is 5.11 Å². The quantitative estimate of drug-likeness (QED) is 0.765. The van der Waals surface area contributed by atoms with Crippen LogP contribution >= 0.6 is 12.2 Å². The molecule has 0 spiro atoms. The zero-order valence-electron chi connectivity index (χ0n) is 11.2. The Kier molecular flexibility index (Phi) is 5.03. The van der Waals surface area contributed by atoms with E-state index < -0.39 is 0 Å². The van der Waals surface area contributed by atoms with Gasteiger partial charge in [-0.2, -0.15) is 0 Å². The fourth-order valence-corrected chi connectivity index (χ4v) is 2.90. The highest BCUT2D eigenvalue weighted by Gasteiger charge is 2.31. The number of rotatable bonds is 3. The first-order valence-corrected chi connectivity index (χ1v) is 6.99. The standard InChI is InChI=1S/C13H26N2S/c1-5-13(6-2)7-9-15(10-8-13)12(16)14-11(3)4/h11H,5-10H2,1-4H3,(H,14,16). The Morgan fingerprint density at radius 1 is 1.25 bits per heavy atom. The average molecular weight is 242 g/mol. The van der Waals surface area contributed by atoms with E-state index in [0.29, 0.717) is 11.5 Å². The molecule has 1 fully saturated rings. The first kappa shape index (κ1) is 13.8. The van der Waals surface area contributed by atoms with Crippen molar-refractivity contribution in [3.8, 4) is 0 Å². The summed E-state index contributed by atoms with van der Waals surface area (Å²) in [6.07, 6.45) is 5.20. The summed E-state index contributed by atoms with van der Waals surface area (Å²) in [5.74, 6) is 0. The van der Waals surface area contributed by atoms with E-state index in [1.165, 1.54) is 25.7 Å². The van der Waals surface area contributed by atoms with Crippen molar-refractivity contribution in [3.63, 3.8) is 0 Å². The van der Waals surface area contributed by atoms with Gasteiger partial charge < -0.3 is 10.2 Å². The lowest BCUT2D eigenvalue weighted by Gasteiger charge is -2.42. The molecular weight excluding hydrogens is 216 g/mol. The summed E-state index contributed by atoms with van der Waals surface area (Å²) >= 11 is 5.41. The van der Waals surface area contributed by atoms with Gasteiger partial charge in [0, 0.05) is 19.1 Å². The minimum absolute atomic E-state index is 0.441. The molecule has 0 radical (unpaired) electrons. The van der Waals surface area contributed by atoms with Crippen molar-refractivity contribution in [1.82, 2.24) is 10.2 Å².